The lowest BCUT2D eigenvalue weighted by atomic mass is 10.1. The predicted octanol–water partition coefficient (Wildman–Crippen LogP) is 2.44. The standard InChI is InChI=1S/C17H32N2O4/c1-19-15(20)12-10-8-6-4-2-3-5-7-9-11-13-16(21)23-17(22)14-18/h2-14,18H2,1H3,(H,19,20). The van der Waals surface area contributed by atoms with Crippen molar-refractivity contribution in [2.24, 2.45) is 5.73 Å². The first-order valence-corrected chi connectivity index (χ1v) is 8.74. The second kappa shape index (κ2) is 15.5. The fourth-order valence-electron chi connectivity index (χ4n) is 2.31. The molecule has 6 nitrogen and oxygen atoms in total. The van der Waals surface area contributed by atoms with E-state index in [4.69, 9.17) is 5.73 Å². The Labute approximate surface area is 139 Å². The molecule has 0 radical (unpaired) electrons. The highest BCUT2D eigenvalue weighted by molar-refractivity contribution is 5.86. The van der Waals surface area contributed by atoms with Gasteiger partial charge in [-0.3, -0.25) is 14.4 Å². The SMILES string of the molecule is CNC(=O)CCCCCCCCCCCCC(=O)OC(=O)CN. The molecule has 0 aromatic heterocycles. The number of esters is 2. The van der Waals surface area contributed by atoms with Crippen LogP contribution < -0.4 is 11.1 Å². The molecule has 0 aromatic rings. The summed E-state index contributed by atoms with van der Waals surface area (Å²) < 4.78 is 4.49. The minimum absolute atomic E-state index is 0.126. The van der Waals surface area contributed by atoms with Crippen LogP contribution in [0.2, 0.25) is 0 Å². The molecule has 0 aliphatic rings. The molecule has 0 spiro atoms. The van der Waals surface area contributed by atoms with Gasteiger partial charge in [0.2, 0.25) is 5.91 Å². The largest absolute Gasteiger partial charge is 0.392 e. The molecule has 0 aromatic carbocycles. The molecule has 0 bridgehead atoms. The van der Waals surface area contributed by atoms with Gasteiger partial charge in [-0.15, -0.1) is 0 Å². The lowest BCUT2D eigenvalue weighted by molar-refractivity contribution is -0.158. The minimum Gasteiger partial charge on any atom is -0.392 e. The summed E-state index contributed by atoms with van der Waals surface area (Å²) in [6, 6.07) is 0. The van der Waals surface area contributed by atoms with Gasteiger partial charge < -0.3 is 15.8 Å². The molecule has 1 amide bonds. The van der Waals surface area contributed by atoms with Gasteiger partial charge in [-0.25, -0.2) is 0 Å². The lowest BCUT2D eigenvalue weighted by Gasteiger charge is -2.03. The van der Waals surface area contributed by atoms with E-state index in [0.717, 1.165) is 32.1 Å². The van der Waals surface area contributed by atoms with E-state index in [1.54, 1.807) is 7.05 Å². The fraction of sp³-hybridized carbons (Fsp3) is 0.824. The van der Waals surface area contributed by atoms with E-state index in [1.165, 1.54) is 32.1 Å². The van der Waals surface area contributed by atoms with Crippen molar-refractivity contribution < 1.29 is 19.1 Å². The maximum absolute atomic E-state index is 11.2. The Balaban J connectivity index is 3.20. The number of nitrogens with one attached hydrogen (secondary N) is 1. The molecule has 0 aliphatic heterocycles. The Morgan fingerprint density at radius 3 is 1.61 bits per heavy atom. The third-order valence-corrected chi connectivity index (χ3v) is 3.71. The summed E-state index contributed by atoms with van der Waals surface area (Å²) >= 11 is 0. The zero-order chi connectivity index (χ0) is 17.3. The summed E-state index contributed by atoms with van der Waals surface area (Å²) in [5.41, 5.74) is 5.06. The average molecular weight is 328 g/mol. The van der Waals surface area contributed by atoms with Crippen LogP contribution in [0.1, 0.15) is 77.0 Å². The molecule has 0 saturated heterocycles. The highest BCUT2D eigenvalue weighted by Crippen LogP contribution is 2.12. The Morgan fingerprint density at radius 1 is 0.739 bits per heavy atom. The van der Waals surface area contributed by atoms with Crippen LogP contribution in [0.5, 0.6) is 0 Å². The van der Waals surface area contributed by atoms with E-state index in [1.807, 2.05) is 0 Å². The van der Waals surface area contributed by atoms with Gasteiger partial charge in [-0.2, -0.15) is 0 Å². The first-order chi connectivity index (χ1) is 11.1. The van der Waals surface area contributed by atoms with Gasteiger partial charge in [-0.1, -0.05) is 51.4 Å². The van der Waals surface area contributed by atoms with Crippen molar-refractivity contribution in [3.63, 3.8) is 0 Å². The van der Waals surface area contributed by atoms with Gasteiger partial charge in [0.25, 0.3) is 0 Å². The van der Waals surface area contributed by atoms with Gasteiger partial charge in [0.1, 0.15) is 0 Å². The molecular formula is C17H32N2O4. The predicted molar refractivity (Wildman–Crippen MR) is 89.6 cm³/mol. The Bertz CT molecular complexity index is 345. The molecule has 0 rings (SSSR count). The van der Waals surface area contributed by atoms with E-state index in [0.29, 0.717) is 6.42 Å². The number of hydrogen-bond acceptors (Lipinski definition) is 5. The smallest absolute Gasteiger partial charge is 0.327 e. The van der Waals surface area contributed by atoms with Crippen molar-refractivity contribution in [1.29, 1.82) is 0 Å². The van der Waals surface area contributed by atoms with Crippen LogP contribution in [0.15, 0.2) is 0 Å². The molecule has 23 heavy (non-hydrogen) atoms. The van der Waals surface area contributed by atoms with E-state index in [2.05, 4.69) is 10.1 Å². The molecule has 6 heteroatoms. The highest BCUT2D eigenvalue weighted by atomic mass is 16.6. The van der Waals surface area contributed by atoms with Crippen LogP contribution in [0.3, 0.4) is 0 Å². The molecule has 0 heterocycles. The van der Waals surface area contributed by atoms with Gasteiger partial charge in [0.15, 0.2) is 0 Å². The van der Waals surface area contributed by atoms with Crippen molar-refractivity contribution in [2.45, 2.75) is 77.0 Å². The zero-order valence-electron chi connectivity index (χ0n) is 14.4. The van der Waals surface area contributed by atoms with E-state index < -0.39 is 11.9 Å². The molecule has 134 valence electrons. The Morgan fingerprint density at radius 2 is 1.17 bits per heavy atom. The summed E-state index contributed by atoms with van der Waals surface area (Å²) in [4.78, 5) is 33.0. The van der Waals surface area contributed by atoms with Crippen LogP contribution in [-0.4, -0.2) is 31.4 Å². The van der Waals surface area contributed by atoms with Gasteiger partial charge in [0.05, 0.1) is 6.54 Å². The monoisotopic (exact) mass is 328 g/mol. The summed E-state index contributed by atoms with van der Waals surface area (Å²) in [6.07, 6.45) is 11.9. The van der Waals surface area contributed by atoms with Crippen molar-refractivity contribution in [3.8, 4) is 0 Å². The minimum atomic E-state index is -0.662. The quantitative estimate of drug-likeness (QED) is 0.290. The van der Waals surface area contributed by atoms with Crippen molar-refractivity contribution in [1.82, 2.24) is 5.32 Å². The molecule has 0 fully saturated rings. The third kappa shape index (κ3) is 15.2. The van der Waals surface area contributed by atoms with Gasteiger partial charge in [-0.05, 0) is 12.8 Å². The number of hydrogen-bond donors (Lipinski definition) is 2. The molecule has 0 atom stereocenters. The third-order valence-electron chi connectivity index (χ3n) is 3.71. The maximum atomic E-state index is 11.2. The van der Waals surface area contributed by atoms with Crippen molar-refractivity contribution in [2.75, 3.05) is 13.6 Å². The number of carbonyl (C=O) groups is 3. The molecule has 3 N–H and O–H groups in total. The molecular weight excluding hydrogens is 296 g/mol. The van der Waals surface area contributed by atoms with Crippen LogP contribution in [0, 0.1) is 0 Å². The second-order valence-corrected chi connectivity index (χ2v) is 5.76. The number of unbranched alkanes of at least 4 members (excludes halogenated alkanes) is 9. The van der Waals surface area contributed by atoms with Crippen LogP contribution in [0.25, 0.3) is 0 Å². The number of nitrogens with two attached hydrogens (primary N) is 1. The van der Waals surface area contributed by atoms with Gasteiger partial charge >= 0.3 is 11.9 Å². The first kappa shape index (κ1) is 21.6. The highest BCUT2D eigenvalue weighted by Gasteiger charge is 2.07. The zero-order valence-corrected chi connectivity index (χ0v) is 14.4. The van der Waals surface area contributed by atoms with Crippen molar-refractivity contribution in [3.05, 3.63) is 0 Å². The first-order valence-electron chi connectivity index (χ1n) is 8.74. The fourth-order valence-corrected chi connectivity index (χ4v) is 2.31. The normalized spacial score (nSPS) is 10.3. The summed E-state index contributed by atoms with van der Waals surface area (Å²) in [5, 5.41) is 2.63. The number of amides is 1. The summed E-state index contributed by atoms with van der Waals surface area (Å²) in [7, 11) is 1.67. The average Bonchev–Trinajstić information content (AvgIpc) is 2.55. The topological polar surface area (TPSA) is 98.5 Å². The molecule has 0 unspecified atom stereocenters. The lowest BCUT2D eigenvalue weighted by Crippen LogP contribution is -2.20. The van der Waals surface area contributed by atoms with Crippen molar-refractivity contribution >= 4 is 17.8 Å². The number of ether oxygens (including phenoxy) is 1. The number of rotatable bonds is 14. The maximum Gasteiger partial charge on any atom is 0.327 e. The Hall–Kier alpha value is -1.43. The van der Waals surface area contributed by atoms with E-state index in [-0.39, 0.29) is 18.9 Å². The Kier molecular flexibility index (Phi) is 14.5. The summed E-state index contributed by atoms with van der Waals surface area (Å²) in [6.45, 7) is -0.252. The number of carbonyl (C=O) groups excluding carboxylic acids is 3. The van der Waals surface area contributed by atoms with E-state index in [9.17, 15) is 14.4 Å². The van der Waals surface area contributed by atoms with Crippen LogP contribution in [0.4, 0.5) is 0 Å². The molecule has 0 saturated carbocycles. The van der Waals surface area contributed by atoms with Crippen LogP contribution in [-0.2, 0) is 19.1 Å². The van der Waals surface area contributed by atoms with Gasteiger partial charge in [0, 0.05) is 19.9 Å². The molecule has 0 aliphatic carbocycles. The van der Waals surface area contributed by atoms with Crippen LogP contribution >= 0.6 is 0 Å². The van der Waals surface area contributed by atoms with E-state index >= 15 is 0 Å². The summed E-state index contributed by atoms with van der Waals surface area (Å²) in [5.74, 6) is -1.01. The second-order valence-electron chi connectivity index (χ2n) is 5.76.